The van der Waals surface area contributed by atoms with Crippen molar-refractivity contribution in [2.75, 3.05) is 27.1 Å². The van der Waals surface area contributed by atoms with Gasteiger partial charge in [-0.05, 0) is 53.4 Å². The summed E-state index contributed by atoms with van der Waals surface area (Å²) in [5.41, 5.74) is 1.11. The van der Waals surface area contributed by atoms with Crippen molar-refractivity contribution in [2.45, 2.75) is 19.2 Å². The number of hydrogen-bond acceptors (Lipinski definition) is 7. The predicted octanol–water partition coefficient (Wildman–Crippen LogP) is 3.93. The van der Waals surface area contributed by atoms with Gasteiger partial charge in [-0.3, -0.25) is 4.90 Å². The molecule has 0 amide bonds. The van der Waals surface area contributed by atoms with Crippen molar-refractivity contribution >= 4 is 11.3 Å². The summed E-state index contributed by atoms with van der Waals surface area (Å²) in [6.07, 6.45) is -0.624. The number of ether oxygens (including phenoxy) is 4. The fourth-order valence-corrected chi connectivity index (χ4v) is 4.07. The van der Waals surface area contributed by atoms with E-state index >= 15 is 0 Å². The van der Waals surface area contributed by atoms with E-state index in [4.69, 9.17) is 18.9 Å². The van der Waals surface area contributed by atoms with Gasteiger partial charge in [0.05, 0.1) is 7.11 Å². The van der Waals surface area contributed by atoms with E-state index < -0.39 is 6.10 Å². The number of methoxy groups -OCH3 is 1. The Hall–Kier alpha value is -2.74. The summed E-state index contributed by atoms with van der Waals surface area (Å²) in [6, 6.07) is 17.5. The molecule has 0 aliphatic carbocycles. The minimum Gasteiger partial charge on any atom is -0.497 e. The largest absolute Gasteiger partial charge is 0.497 e. The van der Waals surface area contributed by atoms with Crippen molar-refractivity contribution in [1.82, 2.24) is 4.90 Å². The molecule has 6 nitrogen and oxygen atoms in total. The van der Waals surface area contributed by atoms with Crippen molar-refractivity contribution in [3.63, 3.8) is 0 Å². The van der Waals surface area contributed by atoms with Crippen LogP contribution in [0.2, 0.25) is 0 Å². The second-order valence-corrected chi connectivity index (χ2v) is 8.11. The van der Waals surface area contributed by atoms with Crippen molar-refractivity contribution in [1.29, 1.82) is 0 Å². The van der Waals surface area contributed by atoms with E-state index in [2.05, 4.69) is 16.3 Å². The third-order valence-electron chi connectivity index (χ3n) is 4.77. The molecular weight excluding hydrogens is 402 g/mol. The third kappa shape index (κ3) is 5.44. The van der Waals surface area contributed by atoms with Gasteiger partial charge < -0.3 is 24.1 Å². The molecule has 2 aromatic carbocycles. The van der Waals surface area contributed by atoms with Crippen molar-refractivity contribution in [3.05, 3.63) is 70.4 Å². The molecule has 1 aliphatic heterocycles. The fourth-order valence-electron chi connectivity index (χ4n) is 3.32. The molecular formula is C23H25NO5S. The summed E-state index contributed by atoms with van der Waals surface area (Å²) < 4.78 is 21.8. The molecule has 1 atom stereocenters. The van der Waals surface area contributed by atoms with Crippen LogP contribution in [-0.4, -0.2) is 43.2 Å². The maximum atomic E-state index is 10.6. The van der Waals surface area contributed by atoms with Crippen LogP contribution < -0.4 is 18.9 Å². The molecule has 0 bridgehead atoms. The van der Waals surface area contributed by atoms with Crippen LogP contribution in [0.4, 0.5) is 0 Å². The van der Waals surface area contributed by atoms with Gasteiger partial charge in [0.2, 0.25) is 6.79 Å². The average molecular weight is 428 g/mol. The molecule has 0 saturated heterocycles. The summed E-state index contributed by atoms with van der Waals surface area (Å²) in [7, 11) is 1.63. The maximum Gasteiger partial charge on any atom is 0.231 e. The molecule has 0 saturated carbocycles. The van der Waals surface area contributed by atoms with E-state index in [0.717, 1.165) is 29.4 Å². The van der Waals surface area contributed by atoms with Crippen LogP contribution >= 0.6 is 11.3 Å². The quantitative estimate of drug-likeness (QED) is 0.529. The highest BCUT2D eigenvalue weighted by Crippen LogP contribution is 2.33. The van der Waals surface area contributed by atoms with Crippen LogP contribution in [0.1, 0.15) is 10.4 Å². The molecule has 0 unspecified atom stereocenters. The average Bonchev–Trinajstić information content (AvgIpc) is 3.44. The Balaban J connectivity index is 1.37. The van der Waals surface area contributed by atoms with Gasteiger partial charge in [0.1, 0.15) is 24.2 Å². The second-order valence-electron chi connectivity index (χ2n) is 7.08. The Labute approximate surface area is 180 Å². The Kier molecular flexibility index (Phi) is 6.74. The number of benzene rings is 2. The van der Waals surface area contributed by atoms with E-state index in [1.54, 1.807) is 18.4 Å². The minimum atomic E-state index is -0.624. The van der Waals surface area contributed by atoms with Crippen LogP contribution in [-0.2, 0) is 13.1 Å². The minimum absolute atomic E-state index is 0.217. The highest BCUT2D eigenvalue weighted by atomic mass is 32.1. The van der Waals surface area contributed by atoms with E-state index in [1.807, 2.05) is 48.5 Å². The van der Waals surface area contributed by atoms with E-state index in [9.17, 15) is 5.11 Å². The van der Waals surface area contributed by atoms with E-state index in [-0.39, 0.29) is 13.4 Å². The number of rotatable bonds is 10. The summed E-state index contributed by atoms with van der Waals surface area (Å²) in [5.74, 6) is 3.02. The van der Waals surface area contributed by atoms with Crippen molar-refractivity contribution in [2.24, 2.45) is 0 Å². The van der Waals surface area contributed by atoms with Gasteiger partial charge in [-0.15, -0.1) is 11.3 Å². The second kappa shape index (κ2) is 9.84. The van der Waals surface area contributed by atoms with Crippen LogP contribution in [0, 0.1) is 0 Å². The number of aliphatic hydroxyl groups excluding tert-OH is 1. The van der Waals surface area contributed by atoms with Gasteiger partial charge >= 0.3 is 0 Å². The molecule has 2 heterocycles. The molecule has 0 spiro atoms. The lowest BCUT2D eigenvalue weighted by molar-refractivity contribution is 0.0632. The van der Waals surface area contributed by atoms with Crippen molar-refractivity contribution in [3.8, 4) is 23.0 Å². The number of aliphatic hydroxyl groups is 1. The van der Waals surface area contributed by atoms with Gasteiger partial charge in [-0.1, -0.05) is 12.1 Å². The zero-order valence-corrected chi connectivity index (χ0v) is 17.6. The normalized spacial score (nSPS) is 13.4. The van der Waals surface area contributed by atoms with Crippen LogP contribution in [0.25, 0.3) is 0 Å². The molecule has 30 heavy (non-hydrogen) atoms. The lowest BCUT2D eigenvalue weighted by Gasteiger charge is -2.25. The SMILES string of the molecule is COc1ccc(OC[C@H](O)CN(Cc2ccc3c(c2)OCO3)Cc2cccs2)cc1. The van der Waals surface area contributed by atoms with Gasteiger partial charge in [0.15, 0.2) is 11.5 Å². The smallest absolute Gasteiger partial charge is 0.231 e. The molecule has 3 aromatic rings. The zero-order chi connectivity index (χ0) is 20.8. The first-order chi connectivity index (χ1) is 14.7. The molecule has 1 aromatic heterocycles. The van der Waals surface area contributed by atoms with Crippen LogP contribution in [0.5, 0.6) is 23.0 Å². The number of thiophene rings is 1. The van der Waals surface area contributed by atoms with Gasteiger partial charge in [-0.25, -0.2) is 0 Å². The molecule has 4 rings (SSSR count). The highest BCUT2D eigenvalue weighted by molar-refractivity contribution is 7.09. The Morgan fingerprint density at radius 1 is 1.03 bits per heavy atom. The molecule has 1 N–H and O–H groups in total. The first kappa shape index (κ1) is 20.5. The lowest BCUT2D eigenvalue weighted by Crippen LogP contribution is -2.34. The Bertz CT molecular complexity index is 929. The van der Waals surface area contributed by atoms with E-state index in [0.29, 0.717) is 18.8 Å². The molecule has 0 radical (unpaired) electrons. The summed E-state index contributed by atoms with van der Waals surface area (Å²) in [4.78, 5) is 3.46. The van der Waals surface area contributed by atoms with Crippen LogP contribution in [0.15, 0.2) is 60.0 Å². The molecule has 1 aliphatic rings. The van der Waals surface area contributed by atoms with Gasteiger partial charge in [-0.2, -0.15) is 0 Å². The summed E-state index contributed by atoms with van der Waals surface area (Å²) >= 11 is 1.71. The number of hydrogen-bond donors (Lipinski definition) is 1. The van der Waals surface area contributed by atoms with Crippen molar-refractivity contribution < 1.29 is 24.1 Å². The Morgan fingerprint density at radius 3 is 2.60 bits per heavy atom. The summed E-state index contributed by atoms with van der Waals surface area (Å²) in [6.45, 7) is 2.41. The third-order valence-corrected chi connectivity index (χ3v) is 5.63. The number of fused-ring (bicyclic) bond motifs is 1. The van der Waals surface area contributed by atoms with Gasteiger partial charge in [0.25, 0.3) is 0 Å². The first-order valence-corrected chi connectivity index (χ1v) is 10.7. The molecule has 7 heteroatoms. The Morgan fingerprint density at radius 2 is 1.83 bits per heavy atom. The summed E-state index contributed by atoms with van der Waals surface area (Å²) in [5, 5.41) is 12.7. The lowest BCUT2D eigenvalue weighted by atomic mass is 10.1. The maximum absolute atomic E-state index is 10.6. The van der Waals surface area contributed by atoms with E-state index in [1.165, 1.54) is 4.88 Å². The zero-order valence-electron chi connectivity index (χ0n) is 16.8. The standard InChI is InChI=1S/C23H25NO5S/c1-26-19-5-7-20(8-6-19)27-15-18(25)13-24(14-21-3-2-10-30-21)12-17-4-9-22-23(11-17)29-16-28-22/h2-11,18,25H,12-16H2,1H3/t18-/m1/s1. The molecule has 0 fully saturated rings. The highest BCUT2D eigenvalue weighted by Gasteiger charge is 2.17. The fraction of sp³-hybridized carbons (Fsp3) is 0.304. The molecule has 158 valence electrons. The predicted molar refractivity (Wildman–Crippen MR) is 115 cm³/mol. The van der Waals surface area contributed by atoms with Gasteiger partial charge in [0, 0.05) is 24.5 Å². The topological polar surface area (TPSA) is 60.4 Å². The first-order valence-electron chi connectivity index (χ1n) is 9.78. The number of nitrogens with zero attached hydrogens (tertiary/aromatic N) is 1. The van der Waals surface area contributed by atoms with Crippen LogP contribution in [0.3, 0.4) is 0 Å². The monoisotopic (exact) mass is 427 g/mol.